The molecule has 0 fully saturated rings. The average Bonchev–Trinajstić information content (AvgIpc) is 2.51. The maximum absolute atomic E-state index is 5.12. The summed E-state index contributed by atoms with van der Waals surface area (Å²) in [4.78, 5) is 4.24. The molecular weight excluding hydrogens is 389 g/mol. The standard InChI is InChI=1S/C17H23N3O.HI/c1-13(12-21-3)20-17(18-2)19-11-15-9-6-8-14-7-4-5-10-16(14)15;/h4-10,13H,11-12H2,1-3H3,(H2,18,19,20);1H. The van der Waals surface area contributed by atoms with Crippen molar-refractivity contribution in [2.45, 2.75) is 19.5 Å². The Kier molecular flexibility index (Phi) is 8.19. The molecule has 0 bridgehead atoms. The van der Waals surface area contributed by atoms with E-state index in [0.717, 1.165) is 12.5 Å². The number of aliphatic imine (C=N–C) groups is 1. The number of ether oxygens (including phenoxy) is 1. The third kappa shape index (κ3) is 5.14. The number of nitrogens with one attached hydrogen (secondary N) is 2. The zero-order valence-electron chi connectivity index (χ0n) is 13.3. The largest absolute Gasteiger partial charge is 0.383 e. The number of nitrogens with zero attached hydrogens (tertiary/aromatic N) is 1. The van der Waals surface area contributed by atoms with Crippen LogP contribution in [0.3, 0.4) is 0 Å². The molecule has 2 rings (SSSR count). The number of methoxy groups -OCH3 is 1. The second kappa shape index (κ2) is 9.63. The summed E-state index contributed by atoms with van der Waals surface area (Å²) >= 11 is 0. The summed E-state index contributed by atoms with van der Waals surface area (Å²) in [6, 6.07) is 15.0. The van der Waals surface area contributed by atoms with Crippen molar-refractivity contribution in [3.63, 3.8) is 0 Å². The van der Waals surface area contributed by atoms with Crippen LogP contribution < -0.4 is 10.6 Å². The number of benzene rings is 2. The topological polar surface area (TPSA) is 45.7 Å². The molecule has 2 aromatic rings. The molecule has 0 aliphatic carbocycles. The zero-order chi connectivity index (χ0) is 15.1. The maximum Gasteiger partial charge on any atom is 0.191 e. The van der Waals surface area contributed by atoms with Crippen molar-refractivity contribution >= 4 is 40.7 Å². The Morgan fingerprint density at radius 1 is 1.18 bits per heavy atom. The summed E-state index contributed by atoms with van der Waals surface area (Å²) in [7, 11) is 3.47. The van der Waals surface area contributed by atoms with Crippen molar-refractivity contribution in [3.8, 4) is 0 Å². The van der Waals surface area contributed by atoms with Gasteiger partial charge < -0.3 is 15.4 Å². The van der Waals surface area contributed by atoms with Gasteiger partial charge in [-0.2, -0.15) is 0 Å². The fourth-order valence-corrected chi connectivity index (χ4v) is 2.35. The summed E-state index contributed by atoms with van der Waals surface area (Å²) in [5.74, 6) is 0.785. The van der Waals surface area contributed by atoms with Gasteiger partial charge in [0.15, 0.2) is 5.96 Å². The minimum Gasteiger partial charge on any atom is -0.383 e. The van der Waals surface area contributed by atoms with E-state index in [9.17, 15) is 0 Å². The molecule has 22 heavy (non-hydrogen) atoms. The van der Waals surface area contributed by atoms with Crippen LogP contribution in [-0.2, 0) is 11.3 Å². The van der Waals surface area contributed by atoms with E-state index in [1.165, 1.54) is 16.3 Å². The molecule has 1 unspecified atom stereocenters. The molecule has 0 aromatic heterocycles. The lowest BCUT2D eigenvalue weighted by Crippen LogP contribution is -2.43. The highest BCUT2D eigenvalue weighted by atomic mass is 127. The first-order valence-corrected chi connectivity index (χ1v) is 7.17. The van der Waals surface area contributed by atoms with Crippen molar-refractivity contribution in [2.75, 3.05) is 20.8 Å². The van der Waals surface area contributed by atoms with Gasteiger partial charge >= 0.3 is 0 Å². The lowest BCUT2D eigenvalue weighted by molar-refractivity contribution is 0.179. The van der Waals surface area contributed by atoms with Crippen LogP contribution in [-0.4, -0.2) is 32.8 Å². The van der Waals surface area contributed by atoms with Gasteiger partial charge in [0, 0.05) is 26.7 Å². The van der Waals surface area contributed by atoms with E-state index < -0.39 is 0 Å². The second-order valence-electron chi connectivity index (χ2n) is 5.06. The number of guanidine groups is 1. The summed E-state index contributed by atoms with van der Waals surface area (Å²) in [6.45, 7) is 3.45. The minimum absolute atomic E-state index is 0. The number of hydrogen-bond acceptors (Lipinski definition) is 2. The van der Waals surface area contributed by atoms with E-state index in [2.05, 4.69) is 65.0 Å². The Balaban J connectivity index is 0.00000242. The van der Waals surface area contributed by atoms with E-state index in [4.69, 9.17) is 4.74 Å². The second-order valence-corrected chi connectivity index (χ2v) is 5.06. The van der Waals surface area contributed by atoms with E-state index in [0.29, 0.717) is 6.61 Å². The molecule has 0 spiro atoms. The quantitative estimate of drug-likeness (QED) is 0.450. The van der Waals surface area contributed by atoms with Gasteiger partial charge in [0.1, 0.15) is 0 Å². The van der Waals surface area contributed by atoms with Gasteiger partial charge in [-0.15, -0.1) is 24.0 Å². The molecule has 2 N–H and O–H groups in total. The van der Waals surface area contributed by atoms with E-state index in [1.807, 2.05) is 0 Å². The lowest BCUT2D eigenvalue weighted by atomic mass is 10.0. The van der Waals surface area contributed by atoms with Crippen molar-refractivity contribution in [2.24, 2.45) is 4.99 Å². The summed E-state index contributed by atoms with van der Waals surface area (Å²) in [6.07, 6.45) is 0. The van der Waals surface area contributed by atoms with Crippen LogP contribution in [0, 0.1) is 0 Å². The van der Waals surface area contributed by atoms with Crippen LogP contribution >= 0.6 is 24.0 Å². The molecule has 1 atom stereocenters. The Labute approximate surface area is 149 Å². The number of halogens is 1. The highest BCUT2D eigenvalue weighted by Gasteiger charge is 2.05. The number of rotatable bonds is 5. The fourth-order valence-electron chi connectivity index (χ4n) is 2.35. The average molecular weight is 413 g/mol. The van der Waals surface area contributed by atoms with Gasteiger partial charge in [0.2, 0.25) is 0 Å². The van der Waals surface area contributed by atoms with Gasteiger partial charge in [-0.05, 0) is 23.3 Å². The molecule has 0 saturated heterocycles. The summed E-state index contributed by atoms with van der Waals surface area (Å²) < 4.78 is 5.12. The third-order valence-corrected chi connectivity index (χ3v) is 3.35. The highest BCUT2D eigenvalue weighted by molar-refractivity contribution is 14.0. The van der Waals surface area contributed by atoms with Gasteiger partial charge in [-0.1, -0.05) is 42.5 Å². The molecule has 120 valence electrons. The van der Waals surface area contributed by atoms with Crippen molar-refractivity contribution in [1.82, 2.24) is 10.6 Å². The molecular formula is C17H24IN3O. The van der Waals surface area contributed by atoms with E-state index >= 15 is 0 Å². The van der Waals surface area contributed by atoms with Crippen LogP contribution in [0.1, 0.15) is 12.5 Å². The van der Waals surface area contributed by atoms with Gasteiger partial charge in [-0.3, -0.25) is 4.99 Å². The predicted molar refractivity (Wildman–Crippen MR) is 104 cm³/mol. The SMILES string of the molecule is CN=C(NCc1cccc2ccccc12)NC(C)COC.I. The number of fused-ring (bicyclic) bond motifs is 1. The molecule has 0 aliphatic heterocycles. The normalized spacial score (nSPS) is 12.6. The molecule has 0 radical (unpaired) electrons. The van der Waals surface area contributed by atoms with Crippen LogP contribution in [0.5, 0.6) is 0 Å². The Bertz CT molecular complexity index is 610. The molecule has 5 heteroatoms. The highest BCUT2D eigenvalue weighted by Crippen LogP contribution is 2.18. The van der Waals surface area contributed by atoms with Crippen LogP contribution in [0.15, 0.2) is 47.5 Å². The van der Waals surface area contributed by atoms with Crippen molar-refractivity contribution < 1.29 is 4.74 Å². The van der Waals surface area contributed by atoms with Crippen LogP contribution in [0.25, 0.3) is 10.8 Å². The Hall–Kier alpha value is -1.34. The monoisotopic (exact) mass is 413 g/mol. The smallest absolute Gasteiger partial charge is 0.191 e. The van der Waals surface area contributed by atoms with Gasteiger partial charge in [0.25, 0.3) is 0 Å². The molecule has 4 nitrogen and oxygen atoms in total. The third-order valence-electron chi connectivity index (χ3n) is 3.35. The first kappa shape index (κ1) is 18.7. The molecule has 0 heterocycles. The van der Waals surface area contributed by atoms with Crippen LogP contribution in [0.2, 0.25) is 0 Å². The Morgan fingerprint density at radius 3 is 2.64 bits per heavy atom. The zero-order valence-corrected chi connectivity index (χ0v) is 15.6. The maximum atomic E-state index is 5.12. The predicted octanol–water partition coefficient (Wildman–Crippen LogP) is 3.16. The summed E-state index contributed by atoms with van der Waals surface area (Å²) in [5, 5.41) is 9.18. The van der Waals surface area contributed by atoms with Gasteiger partial charge in [-0.25, -0.2) is 0 Å². The molecule has 0 amide bonds. The van der Waals surface area contributed by atoms with Gasteiger partial charge in [0.05, 0.1) is 6.61 Å². The van der Waals surface area contributed by atoms with Crippen LogP contribution in [0.4, 0.5) is 0 Å². The fraction of sp³-hybridized carbons (Fsp3) is 0.353. The first-order valence-electron chi connectivity index (χ1n) is 7.17. The van der Waals surface area contributed by atoms with E-state index in [1.54, 1.807) is 14.2 Å². The molecule has 0 saturated carbocycles. The van der Waals surface area contributed by atoms with Crippen molar-refractivity contribution in [3.05, 3.63) is 48.0 Å². The summed E-state index contributed by atoms with van der Waals surface area (Å²) in [5.41, 5.74) is 1.26. The molecule has 0 aliphatic rings. The van der Waals surface area contributed by atoms with E-state index in [-0.39, 0.29) is 30.0 Å². The van der Waals surface area contributed by atoms with Crippen molar-refractivity contribution in [1.29, 1.82) is 0 Å². The Morgan fingerprint density at radius 2 is 1.91 bits per heavy atom. The first-order chi connectivity index (χ1) is 10.2. The minimum atomic E-state index is 0. The lowest BCUT2D eigenvalue weighted by Gasteiger charge is -2.17. The molecule has 2 aromatic carbocycles. The number of hydrogen-bond donors (Lipinski definition) is 2.